The Kier molecular flexibility index (Phi) is 7.80. The molecule has 2 aliphatic rings. The minimum atomic E-state index is -0.637. The summed E-state index contributed by atoms with van der Waals surface area (Å²) in [5, 5.41) is 16.7. The van der Waals surface area contributed by atoms with E-state index >= 15 is 0 Å². The van der Waals surface area contributed by atoms with Gasteiger partial charge in [-0.1, -0.05) is 23.8 Å². The SMILES string of the molecule is CC(=O)N1CCC(Nc2cc(C(=O)NCC(O)CN3CCc4cc(C)ccc4C3)ccn2)CC1. The second-order valence-corrected chi connectivity index (χ2v) is 9.48. The third-order valence-electron chi connectivity index (χ3n) is 6.73. The van der Waals surface area contributed by atoms with Crippen molar-refractivity contribution in [3.05, 3.63) is 58.8 Å². The van der Waals surface area contributed by atoms with Crippen molar-refractivity contribution in [3.8, 4) is 0 Å². The van der Waals surface area contributed by atoms with Crippen LogP contribution >= 0.6 is 0 Å². The quantitative estimate of drug-likeness (QED) is 0.578. The van der Waals surface area contributed by atoms with Crippen LogP contribution in [-0.2, 0) is 17.8 Å². The summed E-state index contributed by atoms with van der Waals surface area (Å²) in [6.07, 6.45) is 3.67. The Morgan fingerprint density at radius 3 is 2.71 bits per heavy atom. The number of aromatic nitrogens is 1. The maximum absolute atomic E-state index is 12.7. The summed E-state index contributed by atoms with van der Waals surface area (Å²) in [5.74, 6) is 0.532. The van der Waals surface area contributed by atoms with E-state index in [0.29, 0.717) is 17.9 Å². The Morgan fingerprint density at radius 1 is 1.15 bits per heavy atom. The number of carbonyl (C=O) groups excluding carboxylic acids is 2. The van der Waals surface area contributed by atoms with Gasteiger partial charge in [0.15, 0.2) is 0 Å². The van der Waals surface area contributed by atoms with E-state index in [-0.39, 0.29) is 24.4 Å². The van der Waals surface area contributed by atoms with Crippen molar-refractivity contribution in [1.29, 1.82) is 0 Å². The number of hydrogen-bond acceptors (Lipinski definition) is 6. The van der Waals surface area contributed by atoms with Gasteiger partial charge in [0.1, 0.15) is 5.82 Å². The predicted octanol–water partition coefficient (Wildman–Crippen LogP) is 1.96. The summed E-state index contributed by atoms with van der Waals surface area (Å²) in [7, 11) is 0. The lowest BCUT2D eigenvalue weighted by Crippen LogP contribution is -2.42. The van der Waals surface area contributed by atoms with E-state index in [1.807, 2.05) is 4.90 Å². The highest BCUT2D eigenvalue weighted by Crippen LogP contribution is 2.20. The van der Waals surface area contributed by atoms with Crippen LogP contribution in [0.15, 0.2) is 36.5 Å². The molecule has 4 rings (SSSR count). The number of nitrogens with zero attached hydrogens (tertiary/aromatic N) is 3. The number of fused-ring (bicyclic) bond motifs is 1. The Labute approximate surface area is 201 Å². The second kappa shape index (κ2) is 11.0. The molecule has 1 fully saturated rings. The molecule has 1 saturated heterocycles. The molecule has 2 aromatic rings. The topological polar surface area (TPSA) is 97.8 Å². The first kappa shape index (κ1) is 24.2. The van der Waals surface area contributed by atoms with Gasteiger partial charge in [-0.15, -0.1) is 0 Å². The van der Waals surface area contributed by atoms with E-state index < -0.39 is 6.10 Å². The van der Waals surface area contributed by atoms with Crippen molar-refractivity contribution < 1.29 is 14.7 Å². The lowest BCUT2D eigenvalue weighted by atomic mass is 9.97. The average molecular weight is 466 g/mol. The molecule has 0 radical (unpaired) electrons. The van der Waals surface area contributed by atoms with Crippen molar-refractivity contribution in [2.75, 3.05) is 38.0 Å². The molecule has 3 N–H and O–H groups in total. The molecule has 0 bridgehead atoms. The van der Waals surface area contributed by atoms with Gasteiger partial charge in [0.05, 0.1) is 6.10 Å². The van der Waals surface area contributed by atoms with E-state index in [1.165, 1.54) is 16.7 Å². The van der Waals surface area contributed by atoms with Gasteiger partial charge in [-0.05, 0) is 49.4 Å². The molecule has 1 unspecified atom stereocenters. The molecule has 0 aliphatic carbocycles. The number of nitrogens with one attached hydrogen (secondary N) is 2. The van der Waals surface area contributed by atoms with Gasteiger partial charge in [0, 0.05) is 64.0 Å². The molecule has 34 heavy (non-hydrogen) atoms. The van der Waals surface area contributed by atoms with Crippen molar-refractivity contribution in [3.63, 3.8) is 0 Å². The van der Waals surface area contributed by atoms with Gasteiger partial charge in [-0.2, -0.15) is 0 Å². The maximum atomic E-state index is 12.7. The van der Waals surface area contributed by atoms with Crippen LogP contribution in [0, 0.1) is 6.92 Å². The van der Waals surface area contributed by atoms with E-state index in [1.54, 1.807) is 25.3 Å². The number of aliphatic hydroxyl groups excluding tert-OH is 1. The fraction of sp³-hybridized carbons (Fsp3) is 0.500. The molecule has 1 aromatic heterocycles. The molecule has 8 heteroatoms. The zero-order valence-electron chi connectivity index (χ0n) is 20.1. The van der Waals surface area contributed by atoms with Gasteiger partial charge in [-0.25, -0.2) is 4.98 Å². The average Bonchev–Trinajstić information content (AvgIpc) is 2.83. The van der Waals surface area contributed by atoms with Crippen molar-refractivity contribution in [2.24, 2.45) is 0 Å². The number of hydrogen-bond donors (Lipinski definition) is 3. The molecule has 1 aromatic carbocycles. The number of likely N-dealkylation sites (tertiary alicyclic amines) is 1. The predicted molar refractivity (Wildman–Crippen MR) is 132 cm³/mol. The van der Waals surface area contributed by atoms with Gasteiger partial charge in [0.25, 0.3) is 5.91 Å². The molecule has 1 atom stereocenters. The van der Waals surface area contributed by atoms with Gasteiger partial charge in [-0.3, -0.25) is 14.5 Å². The summed E-state index contributed by atoms with van der Waals surface area (Å²) in [5.41, 5.74) is 4.50. The fourth-order valence-corrected chi connectivity index (χ4v) is 4.77. The smallest absolute Gasteiger partial charge is 0.251 e. The molecule has 2 amide bonds. The molecule has 0 spiro atoms. The first-order valence-corrected chi connectivity index (χ1v) is 12.1. The van der Waals surface area contributed by atoms with Crippen molar-refractivity contribution in [2.45, 2.75) is 51.8 Å². The Morgan fingerprint density at radius 2 is 1.94 bits per heavy atom. The Hall–Kier alpha value is -2.97. The molecule has 8 nitrogen and oxygen atoms in total. The minimum absolute atomic E-state index is 0.109. The highest BCUT2D eigenvalue weighted by molar-refractivity contribution is 5.94. The van der Waals surface area contributed by atoms with E-state index in [2.05, 4.69) is 45.6 Å². The molecule has 2 aliphatic heterocycles. The third kappa shape index (κ3) is 6.33. The number of piperidine rings is 1. The number of benzene rings is 1. The molecular formula is C26H35N5O3. The molecular weight excluding hydrogens is 430 g/mol. The molecule has 0 saturated carbocycles. The van der Waals surface area contributed by atoms with Crippen LogP contribution < -0.4 is 10.6 Å². The lowest BCUT2D eigenvalue weighted by Gasteiger charge is -2.32. The standard InChI is InChI=1S/C26H35N5O3/c1-18-3-4-22-16-30(10-6-20(22)13-18)17-24(33)15-28-26(34)21-5-9-27-25(14-21)29-23-7-11-31(12-8-23)19(2)32/h3-5,9,13-14,23-24,33H,6-8,10-12,15-17H2,1-2H3,(H,27,29)(H,28,34). The zero-order valence-corrected chi connectivity index (χ0v) is 20.1. The Balaban J connectivity index is 1.23. The zero-order chi connectivity index (χ0) is 24.1. The summed E-state index contributed by atoms with van der Waals surface area (Å²) < 4.78 is 0. The number of amides is 2. The van der Waals surface area contributed by atoms with Gasteiger partial charge >= 0.3 is 0 Å². The lowest BCUT2D eigenvalue weighted by molar-refractivity contribution is -0.129. The number of pyridine rings is 1. The van der Waals surface area contributed by atoms with E-state index in [4.69, 9.17) is 0 Å². The van der Waals surface area contributed by atoms with E-state index in [9.17, 15) is 14.7 Å². The van der Waals surface area contributed by atoms with Gasteiger partial charge < -0.3 is 20.6 Å². The fourth-order valence-electron chi connectivity index (χ4n) is 4.77. The number of aliphatic hydroxyl groups is 1. The first-order valence-electron chi connectivity index (χ1n) is 12.1. The Bertz CT molecular complexity index is 1020. The maximum Gasteiger partial charge on any atom is 0.251 e. The van der Waals surface area contributed by atoms with Crippen LogP contribution in [-0.4, -0.2) is 76.6 Å². The summed E-state index contributed by atoms with van der Waals surface area (Å²) in [4.78, 5) is 32.6. The number of anilines is 1. The van der Waals surface area contributed by atoms with Gasteiger partial charge in [0.2, 0.25) is 5.91 Å². The van der Waals surface area contributed by atoms with Crippen LogP contribution in [0.4, 0.5) is 5.82 Å². The van der Waals surface area contributed by atoms with Crippen LogP contribution in [0.2, 0.25) is 0 Å². The first-order chi connectivity index (χ1) is 16.4. The minimum Gasteiger partial charge on any atom is -0.390 e. The van der Waals surface area contributed by atoms with Crippen LogP contribution in [0.1, 0.15) is 46.8 Å². The number of aryl methyl sites for hydroxylation is 1. The summed E-state index contributed by atoms with van der Waals surface area (Å²) in [6, 6.07) is 10.2. The summed E-state index contributed by atoms with van der Waals surface area (Å²) >= 11 is 0. The van der Waals surface area contributed by atoms with Crippen LogP contribution in [0.25, 0.3) is 0 Å². The monoisotopic (exact) mass is 465 g/mol. The van der Waals surface area contributed by atoms with Crippen molar-refractivity contribution in [1.82, 2.24) is 20.1 Å². The summed E-state index contributed by atoms with van der Waals surface area (Å²) in [6.45, 7) is 7.62. The van der Waals surface area contributed by atoms with E-state index in [0.717, 1.165) is 45.4 Å². The second-order valence-electron chi connectivity index (χ2n) is 9.48. The number of rotatable bonds is 7. The third-order valence-corrected chi connectivity index (χ3v) is 6.73. The number of β-amino-alcohol motifs (C(OH)–C–C–N with tert-alkyl or cyclic N) is 1. The number of carbonyl (C=O) groups is 2. The van der Waals surface area contributed by atoms with Crippen LogP contribution in [0.5, 0.6) is 0 Å². The van der Waals surface area contributed by atoms with Crippen LogP contribution in [0.3, 0.4) is 0 Å². The highest BCUT2D eigenvalue weighted by Gasteiger charge is 2.22. The molecule has 3 heterocycles. The highest BCUT2D eigenvalue weighted by atomic mass is 16.3. The van der Waals surface area contributed by atoms with Crippen molar-refractivity contribution >= 4 is 17.6 Å². The molecule has 182 valence electrons. The normalized spacial score (nSPS) is 17.7. The largest absolute Gasteiger partial charge is 0.390 e.